The van der Waals surface area contributed by atoms with Crippen LogP contribution in [-0.4, -0.2) is 29.3 Å². The minimum absolute atomic E-state index is 0.0352. The molecule has 6 heteroatoms. The van der Waals surface area contributed by atoms with Gasteiger partial charge in [0.05, 0.1) is 6.26 Å². The molecule has 0 bridgehead atoms. The highest BCUT2D eigenvalue weighted by Crippen LogP contribution is 2.14. The van der Waals surface area contributed by atoms with Crippen LogP contribution >= 0.6 is 0 Å². The first-order valence-corrected chi connectivity index (χ1v) is 5.16. The topological polar surface area (TPSA) is 79.6 Å². The number of carbonyl (C=O) groups excluding carboxylic acids is 3. The molecule has 2 rings (SSSR count). The molecule has 0 spiro atoms. The van der Waals surface area contributed by atoms with Gasteiger partial charge >= 0.3 is 6.03 Å². The molecule has 1 aromatic rings. The molecule has 1 aliphatic rings. The van der Waals surface area contributed by atoms with E-state index in [2.05, 4.69) is 11.9 Å². The van der Waals surface area contributed by atoms with Gasteiger partial charge in [0.25, 0.3) is 11.8 Å². The number of nitrogens with one attached hydrogen (secondary N) is 1. The van der Waals surface area contributed by atoms with E-state index in [1.54, 1.807) is 12.1 Å². The molecule has 4 amide bonds. The Balaban J connectivity index is 2.35. The lowest BCUT2D eigenvalue weighted by Gasteiger charge is -2.24. The molecule has 1 saturated heterocycles. The zero-order chi connectivity index (χ0) is 13.1. The first-order valence-electron chi connectivity index (χ1n) is 5.16. The number of imide groups is 2. The minimum atomic E-state index is -0.749. The summed E-state index contributed by atoms with van der Waals surface area (Å²) in [6.07, 6.45) is 4.11. The number of furan rings is 1. The summed E-state index contributed by atoms with van der Waals surface area (Å²) in [5.41, 5.74) is -0.147. The highest BCUT2D eigenvalue weighted by molar-refractivity contribution is 6.30. The number of nitrogens with zero attached hydrogens (tertiary/aromatic N) is 1. The normalized spacial score (nSPS) is 18.1. The second-order valence-corrected chi connectivity index (χ2v) is 3.54. The summed E-state index contributed by atoms with van der Waals surface area (Å²) in [5.74, 6) is -1.04. The van der Waals surface area contributed by atoms with E-state index >= 15 is 0 Å². The van der Waals surface area contributed by atoms with E-state index in [-0.39, 0.29) is 12.1 Å². The van der Waals surface area contributed by atoms with E-state index in [4.69, 9.17) is 4.42 Å². The van der Waals surface area contributed by atoms with Crippen LogP contribution in [0.15, 0.2) is 41.0 Å². The van der Waals surface area contributed by atoms with E-state index in [0.717, 1.165) is 4.90 Å². The van der Waals surface area contributed by atoms with Gasteiger partial charge in [-0.2, -0.15) is 0 Å². The molecule has 0 unspecified atom stereocenters. The molecule has 0 aromatic carbocycles. The third-order valence-corrected chi connectivity index (χ3v) is 2.33. The molecule has 0 atom stereocenters. The second-order valence-electron chi connectivity index (χ2n) is 3.54. The van der Waals surface area contributed by atoms with Crippen molar-refractivity contribution in [3.8, 4) is 0 Å². The van der Waals surface area contributed by atoms with Crippen LogP contribution in [0.1, 0.15) is 5.76 Å². The van der Waals surface area contributed by atoms with Crippen LogP contribution in [0.5, 0.6) is 0 Å². The zero-order valence-corrected chi connectivity index (χ0v) is 9.38. The Kier molecular flexibility index (Phi) is 3.09. The van der Waals surface area contributed by atoms with Gasteiger partial charge in [0.1, 0.15) is 11.3 Å². The smallest absolute Gasteiger partial charge is 0.331 e. The van der Waals surface area contributed by atoms with Crippen molar-refractivity contribution in [1.82, 2.24) is 10.2 Å². The van der Waals surface area contributed by atoms with E-state index in [0.29, 0.717) is 5.76 Å². The Morgan fingerprint density at radius 3 is 2.78 bits per heavy atom. The number of hydrogen-bond donors (Lipinski definition) is 1. The van der Waals surface area contributed by atoms with Gasteiger partial charge in [-0.15, -0.1) is 6.58 Å². The van der Waals surface area contributed by atoms with Crippen molar-refractivity contribution in [1.29, 1.82) is 0 Å². The quantitative estimate of drug-likeness (QED) is 0.488. The van der Waals surface area contributed by atoms with Gasteiger partial charge in [0, 0.05) is 6.54 Å². The number of carbonyl (C=O) groups is 3. The van der Waals surface area contributed by atoms with Crippen molar-refractivity contribution in [2.24, 2.45) is 0 Å². The predicted octanol–water partition coefficient (Wildman–Crippen LogP) is 0.927. The lowest BCUT2D eigenvalue weighted by atomic mass is 10.1. The van der Waals surface area contributed by atoms with Gasteiger partial charge in [-0.3, -0.25) is 19.8 Å². The molecule has 2 heterocycles. The molecule has 1 fully saturated rings. The van der Waals surface area contributed by atoms with E-state index < -0.39 is 17.8 Å². The monoisotopic (exact) mass is 246 g/mol. The molecule has 92 valence electrons. The molecular weight excluding hydrogens is 236 g/mol. The molecular formula is C12H10N2O4. The summed E-state index contributed by atoms with van der Waals surface area (Å²) in [4.78, 5) is 35.8. The summed E-state index contributed by atoms with van der Waals surface area (Å²) in [5, 5.41) is 2.08. The van der Waals surface area contributed by atoms with Crippen molar-refractivity contribution >= 4 is 23.9 Å². The van der Waals surface area contributed by atoms with Crippen molar-refractivity contribution in [3.63, 3.8) is 0 Å². The third-order valence-electron chi connectivity index (χ3n) is 2.33. The first kappa shape index (κ1) is 11.8. The molecule has 0 aliphatic carbocycles. The predicted molar refractivity (Wildman–Crippen MR) is 62.1 cm³/mol. The van der Waals surface area contributed by atoms with Gasteiger partial charge in [0.2, 0.25) is 0 Å². The number of amides is 4. The summed E-state index contributed by atoms with van der Waals surface area (Å²) in [6, 6.07) is 2.48. The fourth-order valence-corrected chi connectivity index (χ4v) is 1.50. The molecule has 1 N–H and O–H groups in total. The number of rotatable bonds is 3. The number of barbiturate groups is 1. The Morgan fingerprint density at radius 1 is 1.39 bits per heavy atom. The highest BCUT2D eigenvalue weighted by Gasteiger charge is 2.35. The molecule has 6 nitrogen and oxygen atoms in total. The van der Waals surface area contributed by atoms with E-state index in [9.17, 15) is 14.4 Å². The second kappa shape index (κ2) is 4.70. The Hall–Kier alpha value is -2.63. The van der Waals surface area contributed by atoms with Crippen LogP contribution < -0.4 is 5.32 Å². The maximum Gasteiger partial charge on any atom is 0.331 e. The number of hydrogen-bond acceptors (Lipinski definition) is 4. The minimum Gasteiger partial charge on any atom is -0.465 e. The lowest BCUT2D eigenvalue weighted by Crippen LogP contribution is -2.54. The summed E-state index contributed by atoms with van der Waals surface area (Å²) < 4.78 is 5.02. The SMILES string of the molecule is C=CCN1C(=O)NC(=O)/C(=C/c2ccco2)C1=O. The van der Waals surface area contributed by atoms with Crippen LogP contribution in [0.3, 0.4) is 0 Å². The van der Waals surface area contributed by atoms with E-state index in [1.807, 2.05) is 0 Å². The molecule has 0 radical (unpaired) electrons. The summed E-state index contributed by atoms with van der Waals surface area (Å²) in [7, 11) is 0. The standard InChI is InChI=1S/C12H10N2O4/c1-2-5-14-11(16)9(10(15)13-12(14)17)7-8-4-3-6-18-8/h2-4,6-7H,1,5H2,(H,13,15,17)/b9-7-. The van der Waals surface area contributed by atoms with Gasteiger partial charge in [-0.1, -0.05) is 6.08 Å². The third kappa shape index (κ3) is 2.08. The maximum atomic E-state index is 11.9. The average Bonchev–Trinajstić information content (AvgIpc) is 2.83. The fraction of sp³-hybridized carbons (Fsp3) is 0.0833. The van der Waals surface area contributed by atoms with Gasteiger partial charge < -0.3 is 4.42 Å². The zero-order valence-electron chi connectivity index (χ0n) is 9.38. The first-order chi connectivity index (χ1) is 8.63. The largest absolute Gasteiger partial charge is 0.465 e. The lowest BCUT2D eigenvalue weighted by molar-refractivity contribution is -0.129. The average molecular weight is 246 g/mol. The molecule has 18 heavy (non-hydrogen) atoms. The van der Waals surface area contributed by atoms with Crippen molar-refractivity contribution in [2.75, 3.05) is 6.54 Å². The van der Waals surface area contributed by atoms with E-state index in [1.165, 1.54) is 18.4 Å². The van der Waals surface area contributed by atoms with Gasteiger partial charge in [-0.25, -0.2) is 4.79 Å². The Bertz CT molecular complexity index is 542. The highest BCUT2D eigenvalue weighted by atomic mass is 16.3. The maximum absolute atomic E-state index is 11.9. The van der Waals surface area contributed by atoms with Crippen LogP contribution in [0.2, 0.25) is 0 Å². The molecule has 1 aromatic heterocycles. The molecule has 1 aliphatic heterocycles. The number of urea groups is 1. The van der Waals surface area contributed by atoms with Gasteiger partial charge in [0.15, 0.2) is 0 Å². The summed E-state index contributed by atoms with van der Waals surface area (Å²) >= 11 is 0. The van der Waals surface area contributed by atoms with Gasteiger partial charge in [-0.05, 0) is 18.2 Å². The van der Waals surface area contributed by atoms with Crippen molar-refractivity contribution in [2.45, 2.75) is 0 Å². The van der Waals surface area contributed by atoms with Crippen molar-refractivity contribution < 1.29 is 18.8 Å². The summed E-state index contributed by atoms with van der Waals surface area (Å²) in [6.45, 7) is 3.48. The van der Waals surface area contributed by atoms with Crippen LogP contribution in [0, 0.1) is 0 Å². The Morgan fingerprint density at radius 2 is 2.17 bits per heavy atom. The van der Waals surface area contributed by atoms with Crippen LogP contribution in [0.4, 0.5) is 4.79 Å². The van der Waals surface area contributed by atoms with Crippen molar-refractivity contribution in [3.05, 3.63) is 42.4 Å². The van der Waals surface area contributed by atoms with Crippen LogP contribution in [0.25, 0.3) is 6.08 Å². The van der Waals surface area contributed by atoms with Crippen LogP contribution in [-0.2, 0) is 9.59 Å². The Labute approximate surface area is 103 Å². The fourth-order valence-electron chi connectivity index (χ4n) is 1.50. The molecule has 0 saturated carbocycles.